The van der Waals surface area contributed by atoms with Crippen LogP contribution in [0.3, 0.4) is 0 Å². The molecule has 12 aromatic rings. The van der Waals surface area contributed by atoms with Gasteiger partial charge in [0.05, 0.1) is 16.8 Å². The number of hydrogen-bond donors (Lipinski definition) is 0. The third kappa shape index (κ3) is 5.54. The first-order chi connectivity index (χ1) is 33.3. The highest BCUT2D eigenvalue weighted by molar-refractivity contribution is 7.27. The number of benzene rings is 11. The Kier molecular flexibility index (Phi) is 8.44. The number of rotatable bonds is 6. The summed E-state index contributed by atoms with van der Waals surface area (Å²) in [5.41, 5.74) is 20.8. The summed E-state index contributed by atoms with van der Waals surface area (Å²) < 4.78 is 2.57. The van der Waals surface area contributed by atoms with Crippen molar-refractivity contribution in [3.05, 3.63) is 271 Å². The van der Waals surface area contributed by atoms with Gasteiger partial charge < -0.3 is 4.90 Å². The van der Waals surface area contributed by atoms with E-state index in [1.807, 2.05) is 11.3 Å². The Balaban J connectivity index is 1.07. The van der Waals surface area contributed by atoms with E-state index in [1.54, 1.807) is 0 Å². The quantitative estimate of drug-likeness (QED) is 0.161. The van der Waals surface area contributed by atoms with Crippen LogP contribution in [0.5, 0.6) is 0 Å². The molecule has 14 rings (SSSR count). The predicted molar refractivity (Wildman–Crippen MR) is 284 cm³/mol. The molecule has 1 aromatic heterocycles. The molecule has 1 heterocycles. The van der Waals surface area contributed by atoms with Crippen LogP contribution in [0.25, 0.3) is 86.6 Å². The van der Waals surface area contributed by atoms with Crippen LogP contribution < -0.4 is 4.90 Å². The average molecular weight is 868 g/mol. The predicted octanol–water partition coefficient (Wildman–Crippen LogP) is 18.0. The van der Waals surface area contributed by atoms with Crippen LogP contribution in [0.4, 0.5) is 17.1 Å². The fourth-order valence-corrected chi connectivity index (χ4v) is 13.0. The first-order valence-electron chi connectivity index (χ1n) is 23.2. The minimum absolute atomic E-state index is 0.465. The van der Waals surface area contributed by atoms with Gasteiger partial charge >= 0.3 is 0 Å². The van der Waals surface area contributed by atoms with Gasteiger partial charge in [-0.2, -0.15) is 0 Å². The molecule has 0 atom stereocenters. The van der Waals surface area contributed by atoms with Crippen LogP contribution in [0, 0.1) is 0 Å². The van der Waals surface area contributed by atoms with E-state index in [4.69, 9.17) is 0 Å². The van der Waals surface area contributed by atoms with E-state index < -0.39 is 5.41 Å². The number of hydrogen-bond acceptors (Lipinski definition) is 2. The van der Waals surface area contributed by atoms with Crippen molar-refractivity contribution >= 4 is 59.3 Å². The zero-order chi connectivity index (χ0) is 44.1. The van der Waals surface area contributed by atoms with E-state index in [0.29, 0.717) is 0 Å². The summed E-state index contributed by atoms with van der Waals surface area (Å²) in [5, 5.41) is 5.01. The van der Waals surface area contributed by atoms with E-state index in [-0.39, 0.29) is 0 Å². The lowest BCUT2D eigenvalue weighted by Crippen LogP contribution is -2.26. The van der Waals surface area contributed by atoms with Crippen LogP contribution >= 0.6 is 11.3 Å². The molecule has 0 saturated carbocycles. The van der Waals surface area contributed by atoms with Crippen LogP contribution in [0.1, 0.15) is 22.3 Å². The van der Waals surface area contributed by atoms with E-state index in [0.717, 1.165) is 17.1 Å². The lowest BCUT2D eigenvalue weighted by Gasteiger charge is -2.32. The van der Waals surface area contributed by atoms with Gasteiger partial charge in [-0.05, 0) is 113 Å². The fourth-order valence-electron chi connectivity index (χ4n) is 11.7. The first kappa shape index (κ1) is 38.0. The average Bonchev–Trinajstić information content (AvgIpc) is 4.05. The standard InChI is InChI=1S/C65H41NS/c1-3-18-44(19-4-1)49-26-15-27-54-62-60(40-39-50(64(62)67-63(49)54)45-20-5-2-6-21-45)66(48-37-35-43(36-38-48)47-34-33-42-17-7-8-22-46(42)41-47)59-32-16-31-58-61(59)53-25-11-14-30-57(53)65(58)55-28-12-9-23-51(55)52-24-10-13-29-56(52)65/h1-41H. The Hall–Kier alpha value is -8.30. The van der Waals surface area contributed by atoms with Gasteiger partial charge in [0.25, 0.3) is 0 Å². The van der Waals surface area contributed by atoms with Crippen molar-refractivity contribution in [1.29, 1.82) is 0 Å². The van der Waals surface area contributed by atoms with Gasteiger partial charge in [0.2, 0.25) is 0 Å². The van der Waals surface area contributed by atoms with Gasteiger partial charge in [-0.25, -0.2) is 0 Å². The van der Waals surface area contributed by atoms with Gasteiger partial charge in [0, 0.05) is 31.4 Å². The molecule has 67 heavy (non-hydrogen) atoms. The van der Waals surface area contributed by atoms with Crippen molar-refractivity contribution in [2.24, 2.45) is 0 Å². The Bertz CT molecular complexity index is 3870. The number of fused-ring (bicyclic) bond motifs is 14. The summed E-state index contributed by atoms with van der Waals surface area (Å²) in [4.78, 5) is 2.57. The first-order valence-corrected chi connectivity index (χ1v) is 24.0. The molecule has 0 fully saturated rings. The number of anilines is 3. The fraction of sp³-hybridized carbons (Fsp3) is 0.0154. The summed E-state index contributed by atoms with van der Waals surface area (Å²) in [6.45, 7) is 0. The summed E-state index contributed by atoms with van der Waals surface area (Å²) in [6, 6.07) is 92.5. The molecule has 0 bridgehead atoms. The zero-order valence-electron chi connectivity index (χ0n) is 36.5. The maximum atomic E-state index is 2.57. The molecule has 1 spiro atoms. The highest BCUT2D eigenvalue weighted by Crippen LogP contribution is 2.65. The largest absolute Gasteiger partial charge is 0.309 e. The lowest BCUT2D eigenvalue weighted by atomic mass is 9.70. The summed E-state index contributed by atoms with van der Waals surface area (Å²) in [7, 11) is 0. The maximum absolute atomic E-state index is 2.57. The molecule has 2 aliphatic carbocycles. The van der Waals surface area contributed by atoms with Gasteiger partial charge in [-0.3, -0.25) is 0 Å². The van der Waals surface area contributed by atoms with E-state index in [1.165, 1.54) is 109 Å². The molecule has 1 nitrogen and oxygen atoms in total. The van der Waals surface area contributed by atoms with Crippen LogP contribution in [-0.2, 0) is 5.41 Å². The molecule has 0 saturated heterocycles. The van der Waals surface area contributed by atoms with E-state index in [9.17, 15) is 0 Å². The number of nitrogens with zero attached hydrogens (tertiary/aromatic N) is 1. The van der Waals surface area contributed by atoms with Gasteiger partial charge in [-0.15, -0.1) is 11.3 Å². The van der Waals surface area contributed by atoms with Crippen LogP contribution in [0.15, 0.2) is 249 Å². The smallest absolute Gasteiger partial charge is 0.0726 e. The SMILES string of the molecule is c1ccc(-c2cccc3c2sc2c(-c4ccccc4)ccc(N(c4ccc(-c5ccc6ccccc6c5)cc4)c4cccc5c4-c4ccccc4C54c5ccccc5-c5ccccc54)c23)cc1. The normalized spacial score (nSPS) is 12.9. The molecule has 0 radical (unpaired) electrons. The Labute approximate surface area is 394 Å². The van der Waals surface area contributed by atoms with Crippen LogP contribution in [0.2, 0.25) is 0 Å². The Morgan fingerprint density at radius 3 is 1.55 bits per heavy atom. The maximum Gasteiger partial charge on any atom is 0.0726 e. The summed E-state index contributed by atoms with van der Waals surface area (Å²) in [5.74, 6) is 0. The summed E-state index contributed by atoms with van der Waals surface area (Å²) in [6.07, 6.45) is 0. The third-order valence-corrected chi connectivity index (χ3v) is 15.8. The topological polar surface area (TPSA) is 3.24 Å². The molecule has 0 unspecified atom stereocenters. The zero-order valence-corrected chi connectivity index (χ0v) is 37.3. The van der Waals surface area contributed by atoms with Crippen molar-refractivity contribution in [1.82, 2.24) is 0 Å². The van der Waals surface area contributed by atoms with Crippen LogP contribution in [-0.4, -0.2) is 0 Å². The second-order valence-electron chi connectivity index (χ2n) is 17.9. The number of thiophene rings is 1. The molecule has 0 aliphatic heterocycles. The highest BCUT2D eigenvalue weighted by atomic mass is 32.1. The van der Waals surface area contributed by atoms with E-state index in [2.05, 4.69) is 254 Å². The van der Waals surface area contributed by atoms with Gasteiger partial charge in [0.1, 0.15) is 0 Å². The van der Waals surface area contributed by atoms with Crippen molar-refractivity contribution in [2.75, 3.05) is 4.90 Å². The second kappa shape index (κ2) is 14.9. The monoisotopic (exact) mass is 867 g/mol. The van der Waals surface area contributed by atoms with Gasteiger partial charge in [-0.1, -0.05) is 218 Å². The minimum Gasteiger partial charge on any atom is -0.309 e. The molecular formula is C65H41NS. The molecule has 0 amide bonds. The molecule has 312 valence electrons. The lowest BCUT2D eigenvalue weighted by molar-refractivity contribution is 0.794. The van der Waals surface area contributed by atoms with Gasteiger partial charge in [0.15, 0.2) is 0 Å². The van der Waals surface area contributed by atoms with Crippen molar-refractivity contribution in [3.63, 3.8) is 0 Å². The Morgan fingerprint density at radius 1 is 0.313 bits per heavy atom. The highest BCUT2D eigenvalue weighted by Gasteiger charge is 2.52. The molecule has 11 aromatic carbocycles. The molecule has 2 aliphatic rings. The Morgan fingerprint density at radius 2 is 0.851 bits per heavy atom. The second-order valence-corrected chi connectivity index (χ2v) is 18.9. The summed E-state index contributed by atoms with van der Waals surface area (Å²) >= 11 is 1.91. The molecule has 2 heteroatoms. The van der Waals surface area contributed by atoms with Crippen molar-refractivity contribution in [3.8, 4) is 55.6 Å². The van der Waals surface area contributed by atoms with Crippen molar-refractivity contribution in [2.45, 2.75) is 5.41 Å². The minimum atomic E-state index is -0.465. The molecular weight excluding hydrogens is 827 g/mol. The van der Waals surface area contributed by atoms with E-state index >= 15 is 0 Å². The van der Waals surface area contributed by atoms with Crippen molar-refractivity contribution < 1.29 is 0 Å². The third-order valence-electron chi connectivity index (χ3n) is 14.5. The molecule has 0 N–H and O–H groups in total.